The Kier molecular flexibility index (Phi) is 11.1. The standard InChI is InChI=1S/C43H31ClN4O3S2/c44-36-24-10-9-23-35(36)38-27-52-43(47-38)48-42(51)39(29-14-3-1-4-15-29)53-33-21-12-20-32(26-33)45-41(50)37(46-40(49)30-16-5-2-6-17-30)25-31-19-11-18-28-13-7-8-22-34(28)31/h1-27,39H,(H,45,50)(H,46,49)(H,47,48,51)/b37-25+. The van der Waals surface area contributed by atoms with Crippen LogP contribution in [0.25, 0.3) is 28.1 Å². The van der Waals surface area contributed by atoms with Gasteiger partial charge in [0.05, 0.1) is 5.69 Å². The molecule has 1 heterocycles. The van der Waals surface area contributed by atoms with Crippen molar-refractivity contribution in [3.05, 3.63) is 184 Å². The van der Waals surface area contributed by atoms with Gasteiger partial charge in [0.1, 0.15) is 10.9 Å². The molecule has 1 aromatic heterocycles. The number of thioether (sulfide) groups is 1. The minimum atomic E-state index is -0.637. The first-order chi connectivity index (χ1) is 25.9. The SMILES string of the molecule is O=C(Nc1cccc(SC(C(=O)Nc2nc(-c3ccccc3Cl)cs2)c2ccccc2)c1)/C(=C\c1cccc2ccccc12)NC(=O)c1ccccc1. The third-order valence-electron chi connectivity index (χ3n) is 8.22. The molecule has 0 fully saturated rings. The van der Waals surface area contributed by atoms with Crippen molar-refractivity contribution in [2.45, 2.75) is 10.1 Å². The molecule has 0 saturated carbocycles. The van der Waals surface area contributed by atoms with Gasteiger partial charge in [-0.2, -0.15) is 0 Å². The lowest BCUT2D eigenvalue weighted by molar-refractivity contribution is -0.116. The number of rotatable bonds is 11. The minimum Gasteiger partial charge on any atom is -0.321 e. The van der Waals surface area contributed by atoms with Crippen molar-refractivity contribution in [3.8, 4) is 11.3 Å². The van der Waals surface area contributed by atoms with Gasteiger partial charge in [-0.3, -0.25) is 14.4 Å². The molecule has 260 valence electrons. The Morgan fingerprint density at radius 3 is 2.25 bits per heavy atom. The fourth-order valence-corrected chi connectivity index (χ4v) is 7.68. The van der Waals surface area contributed by atoms with E-state index in [0.717, 1.165) is 32.4 Å². The quantitative estimate of drug-likeness (QED) is 0.0903. The molecule has 7 nitrogen and oxygen atoms in total. The zero-order valence-corrected chi connectivity index (χ0v) is 30.4. The topological polar surface area (TPSA) is 100 Å². The van der Waals surface area contributed by atoms with Crippen molar-refractivity contribution < 1.29 is 14.4 Å². The molecule has 6 aromatic carbocycles. The second-order valence-electron chi connectivity index (χ2n) is 11.8. The fraction of sp³-hybridized carbons (Fsp3) is 0.0233. The van der Waals surface area contributed by atoms with E-state index in [-0.39, 0.29) is 11.6 Å². The zero-order chi connectivity index (χ0) is 36.6. The van der Waals surface area contributed by atoms with Crippen LogP contribution >= 0.6 is 34.7 Å². The van der Waals surface area contributed by atoms with Gasteiger partial charge in [0.2, 0.25) is 5.91 Å². The van der Waals surface area contributed by atoms with Crippen LogP contribution in [0.4, 0.5) is 10.8 Å². The number of hydrogen-bond acceptors (Lipinski definition) is 6. The number of aromatic nitrogens is 1. The van der Waals surface area contributed by atoms with Crippen LogP contribution < -0.4 is 16.0 Å². The van der Waals surface area contributed by atoms with E-state index in [4.69, 9.17) is 11.6 Å². The molecule has 3 N–H and O–H groups in total. The van der Waals surface area contributed by atoms with Gasteiger partial charge in [-0.1, -0.05) is 127 Å². The molecule has 0 spiro atoms. The van der Waals surface area contributed by atoms with Crippen LogP contribution in [0.3, 0.4) is 0 Å². The zero-order valence-electron chi connectivity index (χ0n) is 28.0. The van der Waals surface area contributed by atoms with Gasteiger partial charge in [-0.05, 0) is 64.4 Å². The third kappa shape index (κ3) is 8.73. The highest BCUT2D eigenvalue weighted by Crippen LogP contribution is 2.38. The molecule has 7 aromatic rings. The molecule has 1 unspecified atom stereocenters. The largest absolute Gasteiger partial charge is 0.321 e. The molecule has 10 heteroatoms. The average molecular weight is 751 g/mol. The van der Waals surface area contributed by atoms with Gasteiger partial charge in [-0.15, -0.1) is 23.1 Å². The van der Waals surface area contributed by atoms with Crippen molar-refractivity contribution in [1.82, 2.24) is 10.3 Å². The van der Waals surface area contributed by atoms with Crippen LogP contribution in [-0.2, 0) is 9.59 Å². The number of fused-ring (bicyclic) bond motifs is 1. The smallest absolute Gasteiger partial charge is 0.272 e. The molecule has 0 radical (unpaired) electrons. The van der Waals surface area contributed by atoms with Crippen molar-refractivity contribution in [3.63, 3.8) is 0 Å². The van der Waals surface area contributed by atoms with E-state index in [1.165, 1.54) is 23.1 Å². The van der Waals surface area contributed by atoms with Gasteiger partial charge in [0, 0.05) is 32.1 Å². The van der Waals surface area contributed by atoms with Crippen LogP contribution in [0, 0.1) is 0 Å². The molecule has 0 saturated heterocycles. The van der Waals surface area contributed by atoms with Crippen molar-refractivity contribution in [1.29, 1.82) is 0 Å². The molecule has 0 aliphatic carbocycles. The number of nitrogens with one attached hydrogen (secondary N) is 3. The van der Waals surface area contributed by atoms with Crippen LogP contribution in [0.5, 0.6) is 0 Å². The molecule has 3 amide bonds. The summed E-state index contributed by atoms with van der Waals surface area (Å²) in [4.78, 5) is 46.4. The van der Waals surface area contributed by atoms with Gasteiger partial charge in [-0.25, -0.2) is 4.98 Å². The van der Waals surface area contributed by atoms with Gasteiger partial charge in [0.25, 0.3) is 11.8 Å². The summed E-state index contributed by atoms with van der Waals surface area (Å²) < 4.78 is 0. The highest BCUT2D eigenvalue weighted by molar-refractivity contribution is 8.00. The summed E-state index contributed by atoms with van der Waals surface area (Å²) in [6, 6.07) is 46.6. The maximum Gasteiger partial charge on any atom is 0.272 e. The van der Waals surface area contributed by atoms with E-state index in [1.807, 2.05) is 115 Å². The molecular weight excluding hydrogens is 720 g/mol. The Balaban J connectivity index is 1.13. The normalized spacial score (nSPS) is 11.8. The first-order valence-corrected chi connectivity index (χ1v) is 18.8. The maximum atomic E-state index is 13.9. The van der Waals surface area contributed by atoms with Crippen molar-refractivity contribution in [2.24, 2.45) is 0 Å². The molecule has 0 aliphatic rings. The van der Waals surface area contributed by atoms with Crippen molar-refractivity contribution >= 4 is 80.1 Å². The van der Waals surface area contributed by atoms with E-state index in [9.17, 15) is 14.4 Å². The first-order valence-electron chi connectivity index (χ1n) is 16.6. The van der Waals surface area contributed by atoms with Gasteiger partial charge >= 0.3 is 0 Å². The van der Waals surface area contributed by atoms with E-state index >= 15 is 0 Å². The maximum absolute atomic E-state index is 13.9. The Bertz CT molecular complexity index is 2450. The highest BCUT2D eigenvalue weighted by Gasteiger charge is 2.24. The molecular formula is C43H31ClN4O3S2. The Morgan fingerprint density at radius 1 is 0.736 bits per heavy atom. The predicted octanol–water partition coefficient (Wildman–Crippen LogP) is 10.5. The van der Waals surface area contributed by atoms with E-state index in [2.05, 4.69) is 20.9 Å². The lowest BCUT2D eigenvalue weighted by Crippen LogP contribution is -2.30. The lowest BCUT2D eigenvalue weighted by Gasteiger charge is -2.17. The molecule has 0 aliphatic heterocycles. The van der Waals surface area contributed by atoms with Crippen LogP contribution in [-0.4, -0.2) is 22.7 Å². The summed E-state index contributed by atoms with van der Waals surface area (Å²) in [7, 11) is 0. The Morgan fingerprint density at radius 2 is 1.43 bits per heavy atom. The summed E-state index contributed by atoms with van der Waals surface area (Å²) in [5.74, 6) is -1.16. The summed E-state index contributed by atoms with van der Waals surface area (Å²) in [6.45, 7) is 0. The summed E-state index contributed by atoms with van der Waals surface area (Å²) in [5.41, 5.74) is 4.04. The molecule has 0 bridgehead atoms. The highest BCUT2D eigenvalue weighted by atomic mass is 35.5. The number of halogens is 1. The number of anilines is 2. The minimum absolute atomic E-state index is 0.0782. The van der Waals surface area contributed by atoms with E-state index in [1.54, 1.807) is 48.5 Å². The molecule has 1 atom stereocenters. The third-order valence-corrected chi connectivity index (χ3v) is 10.6. The van der Waals surface area contributed by atoms with Crippen LogP contribution in [0.1, 0.15) is 26.7 Å². The number of benzene rings is 6. The van der Waals surface area contributed by atoms with E-state index in [0.29, 0.717) is 27.1 Å². The molecule has 53 heavy (non-hydrogen) atoms. The summed E-state index contributed by atoms with van der Waals surface area (Å²) in [6.07, 6.45) is 1.68. The Labute approximate surface area is 319 Å². The number of thiazole rings is 1. The van der Waals surface area contributed by atoms with E-state index < -0.39 is 17.1 Å². The monoisotopic (exact) mass is 750 g/mol. The van der Waals surface area contributed by atoms with Gasteiger partial charge in [0.15, 0.2) is 5.13 Å². The van der Waals surface area contributed by atoms with Crippen LogP contribution in [0.15, 0.2) is 168 Å². The summed E-state index contributed by atoms with van der Waals surface area (Å²) in [5, 5.41) is 13.0. The summed E-state index contributed by atoms with van der Waals surface area (Å²) >= 11 is 9.05. The first kappa shape index (κ1) is 35.4. The average Bonchev–Trinajstić information content (AvgIpc) is 3.65. The van der Waals surface area contributed by atoms with Crippen LogP contribution in [0.2, 0.25) is 5.02 Å². The number of hydrogen-bond donors (Lipinski definition) is 3. The van der Waals surface area contributed by atoms with Gasteiger partial charge < -0.3 is 16.0 Å². The van der Waals surface area contributed by atoms with Crippen molar-refractivity contribution in [2.75, 3.05) is 10.6 Å². The number of carbonyl (C=O) groups is 3. The second-order valence-corrected chi connectivity index (χ2v) is 14.3. The number of amides is 3. The second kappa shape index (κ2) is 16.6. The molecule has 7 rings (SSSR count). The Hall–Kier alpha value is -6.00. The number of nitrogens with zero attached hydrogens (tertiary/aromatic N) is 1. The fourth-order valence-electron chi connectivity index (χ4n) is 5.65. The lowest BCUT2D eigenvalue weighted by atomic mass is 10.0. The predicted molar refractivity (Wildman–Crippen MR) is 217 cm³/mol. The number of carbonyl (C=O) groups excluding carboxylic acids is 3.